The fraction of sp³-hybridized carbons (Fsp3) is 0.294. The molecule has 1 fully saturated rings. The SMILES string of the molecule is O=C(C(=O)N1C[C@@H]2C=C[C@@H]1CC2)c1c[nH]c2ccccc12. The second-order valence-corrected chi connectivity index (χ2v) is 5.82. The number of aromatic nitrogens is 1. The molecule has 1 N–H and O–H groups in total. The maximum absolute atomic E-state index is 12.6. The van der Waals surface area contributed by atoms with Crippen LogP contribution in [0.4, 0.5) is 0 Å². The van der Waals surface area contributed by atoms with E-state index in [1.165, 1.54) is 0 Å². The molecule has 1 saturated heterocycles. The predicted octanol–water partition coefficient (Wildman–Crippen LogP) is 2.53. The molecular weight excluding hydrogens is 264 g/mol. The van der Waals surface area contributed by atoms with Crippen molar-refractivity contribution in [3.63, 3.8) is 0 Å². The Hall–Kier alpha value is -2.36. The second-order valence-electron chi connectivity index (χ2n) is 5.82. The van der Waals surface area contributed by atoms with E-state index in [0.717, 1.165) is 23.7 Å². The maximum atomic E-state index is 12.6. The summed E-state index contributed by atoms with van der Waals surface area (Å²) in [5.41, 5.74) is 1.36. The first-order valence-corrected chi connectivity index (χ1v) is 7.34. The van der Waals surface area contributed by atoms with E-state index in [1.54, 1.807) is 11.1 Å². The van der Waals surface area contributed by atoms with Crippen molar-refractivity contribution in [3.8, 4) is 0 Å². The number of Topliss-reactive ketones (excluding diaryl/α,β-unsaturated/α-hetero) is 1. The van der Waals surface area contributed by atoms with Crippen LogP contribution in [0.1, 0.15) is 23.2 Å². The molecule has 0 saturated carbocycles. The number of rotatable bonds is 2. The van der Waals surface area contributed by atoms with Gasteiger partial charge < -0.3 is 9.88 Å². The number of fused-ring (bicyclic) bond motifs is 3. The minimum atomic E-state index is -0.409. The smallest absolute Gasteiger partial charge is 0.295 e. The molecule has 1 aromatic heterocycles. The number of hydrogen-bond donors (Lipinski definition) is 1. The Kier molecular flexibility index (Phi) is 2.70. The summed E-state index contributed by atoms with van der Waals surface area (Å²) in [4.78, 5) is 29.9. The Labute approximate surface area is 122 Å². The van der Waals surface area contributed by atoms with Crippen molar-refractivity contribution in [2.45, 2.75) is 18.9 Å². The molecule has 3 heterocycles. The molecule has 1 aliphatic carbocycles. The number of amides is 1. The van der Waals surface area contributed by atoms with Gasteiger partial charge in [-0.3, -0.25) is 9.59 Å². The van der Waals surface area contributed by atoms with Gasteiger partial charge in [0.2, 0.25) is 0 Å². The molecule has 1 amide bonds. The van der Waals surface area contributed by atoms with Crippen LogP contribution in [-0.2, 0) is 4.79 Å². The van der Waals surface area contributed by atoms with Crippen LogP contribution in [-0.4, -0.2) is 34.2 Å². The van der Waals surface area contributed by atoms with Crippen LogP contribution in [0, 0.1) is 5.92 Å². The number of aromatic amines is 1. The van der Waals surface area contributed by atoms with E-state index in [-0.39, 0.29) is 11.9 Å². The van der Waals surface area contributed by atoms with E-state index in [0.29, 0.717) is 18.0 Å². The summed E-state index contributed by atoms with van der Waals surface area (Å²) in [5, 5.41) is 0.813. The Morgan fingerprint density at radius 2 is 2.00 bits per heavy atom. The van der Waals surface area contributed by atoms with E-state index < -0.39 is 5.78 Å². The highest BCUT2D eigenvalue weighted by Crippen LogP contribution is 2.30. The van der Waals surface area contributed by atoms with Crippen LogP contribution in [0.2, 0.25) is 0 Å². The first-order valence-electron chi connectivity index (χ1n) is 7.34. The third-order valence-electron chi connectivity index (χ3n) is 4.56. The van der Waals surface area contributed by atoms with Gasteiger partial charge in [-0.2, -0.15) is 0 Å². The summed E-state index contributed by atoms with van der Waals surface area (Å²) in [7, 11) is 0. The number of nitrogens with one attached hydrogen (secondary N) is 1. The molecule has 2 atom stereocenters. The summed E-state index contributed by atoms with van der Waals surface area (Å²) >= 11 is 0. The third kappa shape index (κ3) is 1.90. The minimum absolute atomic E-state index is 0.0941. The van der Waals surface area contributed by atoms with E-state index in [4.69, 9.17) is 0 Å². The van der Waals surface area contributed by atoms with Crippen molar-refractivity contribution in [2.75, 3.05) is 6.54 Å². The molecule has 2 bridgehead atoms. The standard InChI is InChI=1S/C17H16N2O2/c20-16(14-9-18-15-4-2-1-3-13(14)15)17(21)19-10-11-5-7-12(19)8-6-11/h1-5,7,9,11-12,18H,6,8,10H2/t11-,12-/m1/s1. The van der Waals surface area contributed by atoms with Crippen LogP contribution in [0.3, 0.4) is 0 Å². The van der Waals surface area contributed by atoms with E-state index >= 15 is 0 Å². The van der Waals surface area contributed by atoms with Gasteiger partial charge in [-0.25, -0.2) is 0 Å². The Bertz CT molecular complexity index is 759. The zero-order valence-electron chi connectivity index (χ0n) is 11.6. The van der Waals surface area contributed by atoms with E-state index in [1.807, 2.05) is 24.3 Å². The van der Waals surface area contributed by atoms with Gasteiger partial charge in [0.05, 0.1) is 11.6 Å². The number of benzene rings is 1. The number of piperidine rings is 1. The number of carbonyl (C=O) groups excluding carboxylic acids is 2. The molecule has 21 heavy (non-hydrogen) atoms. The molecule has 3 aliphatic rings. The molecule has 0 spiro atoms. The second kappa shape index (κ2) is 4.58. The molecule has 4 heteroatoms. The number of carbonyl (C=O) groups is 2. The number of nitrogens with zero attached hydrogens (tertiary/aromatic N) is 1. The third-order valence-corrected chi connectivity index (χ3v) is 4.56. The van der Waals surface area contributed by atoms with Crippen LogP contribution in [0.25, 0.3) is 10.9 Å². The van der Waals surface area contributed by atoms with Crippen LogP contribution in [0.5, 0.6) is 0 Å². The number of H-pyrrole nitrogens is 1. The zero-order chi connectivity index (χ0) is 14.4. The lowest BCUT2D eigenvalue weighted by molar-refractivity contribution is -0.130. The van der Waals surface area contributed by atoms with Gasteiger partial charge in [-0.15, -0.1) is 0 Å². The highest BCUT2D eigenvalue weighted by molar-refractivity contribution is 6.45. The molecule has 5 rings (SSSR count). The molecule has 106 valence electrons. The highest BCUT2D eigenvalue weighted by atomic mass is 16.2. The number of hydrogen-bond acceptors (Lipinski definition) is 2. The van der Waals surface area contributed by atoms with Gasteiger partial charge in [0.15, 0.2) is 0 Å². The summed E-state index contributed by atoms with van der Waals surface area (Å²) in [5.74, 6) is -0.373. The average Bonchev–Trinajstić information content (AvgIpc) is 2.98. The van der Waals surface area contributed by atoms with E-state index in [9.17, 15) is 9.59 Å². The molecule has 0 radical (unpaired) electrons. The van der Waals surface area contributed by atoms with Crippen molar-refractivity contribution >= 4 is 22.6 Å². The zero-order valence-corrected chi connectivity index (χ0v) is 11.6. The Morgan fingerprint density at radius 3 is 2.71 bits per heavy atom. The quantitative estimate of drug-likeness (QED) is 0.522. The van der Waals surface area contributed by atoms with Crippen molar-refractivity contribution in [1.29, 1.82) is 0 Å². The predicted molar refractivity (Wildman–Crippen MR) is 80.0 cm³/mol. The first-order chi connectivity index (χ1) is 10.2. The van der Waals surface area contributed by atoms with Crippen LogP contribution < -0.4 is 0 Å². The van der Waals surface area contributed by atoms with Gasteiger partial charge in [-0.05, 0) is 24.8 Å². The average molecular weight is 280 g/mol. The molecule has 0 unspecified atom stereocenters. The highest BCUT2D eigenvalue weighted by Gasteiger charge is 2.36. The minimum Gasteiger partial charge on any atom is -0.360 e. The summed E-state index contributed by atoms with van der Waals surface area (Å²) in [6.45, 7) is 0.675. The summed E-state index contributed by atoms with van der Waals surface area (Å²) < 4.78 is 0. The van der Waals surface area contributed by atoms with E-state index in [2.05, 4.69) is 17.1 Å². The van der Waals surface area contributed by atoms with Gasteiger partial charge >= 0.3 is 0 Å². The largest absolute Gasteiger partial charge is 0.360 e. The fourth-order valence-corrected chi connectivity index (χ4v) is 3.40. The van der Waals surface area contributed by atoms with Crippen LogP contribution >= 0.6 is 0 Å². The summed E-state index contributed by atoms with van der Waals surface area (Å²) in [6, 6.07) is 7.65. The number of para-hydroxylation sites is 1. The Balaban J connectivity index is 1.66. The van der Waals surface area contributed by atoms with Crippen molar-refractivity contribution in [3.05, 3.63) is 48.2 Å². The fourth-order valence-electron chi connectivity index (χ4n) is 3.40. The van der Waals surface area contributed by atoms with Crippen molar-refractivity contribution < 1.29 is 9.59 Å². The van der Waals surface area contributed by atoms with Crippen molar-refractivity contribution in [2.24, 2.45) is 5.92 Å². The topological polar surface area (TPSA) is 53.2 Å². The molecular formula is C17H16N2O2. The molecule has 2 aromatic rings. The lowest BCUT2D eigenvalue weighted by Gasteiger charge is -2.40. The maximum Gasteiger partial charge on any atom is 0.295 e. The summed E-state index contributed by atoms with van der Waals surface area (Å²) in [6.07, 6.45) is 7.97. The molecule has 2 aliphatic heterocycles. The lowest BCUT2D eigenvalue weighted by Crippen LogP contribution is -2.50. The van der Waals surface area contributed by atoms with Gasteiger partial charge in [0.1, 0.15) is 0 Å². The lowest BCUT2D eigenvalue weighted by atomic mass is 9.85. The van der Waals surface area contributed by atoms with Gasteiger partial charge in [-0.1, -0.05) is 30.4 Å². The van der Waals surface area contributed by atoms with Crippen LogP contribution in [0.15, 0.2) is 42.6 Å². The first kappa shape index (κ1) is 12.4. The van der Waals surface area contributed by atoms with Crippen molar-refractivity contribution in [1.82, 2.24) is 9.88 Å². The monoisotopic (exact) mass is 280 g/mol. The molecule has 4 nitrogen and oxygen atoms in total. The molecule has 1 aromatic carbocycles. The number of ketones is 1. The Morgan fingerprint density at radius 1 is 1.14 bits per heavy atom. The van der Waals surface area contributed by atoms with Gasteiger partial charge in [0, 0.05) is 23.6 Å². The van der Waals surface area contributed by atoms with Gasteiger partial charge in [0.25, 0.3) is 11.7 Å². The normalized spacial score (nSPS) is 23.7.